The van der Waals surface area contributed by atoms with Gasteiger partial charge in [0.15, 0.2) is 11.9 Å². The van der Waals surface area contributed by atoms with E-state index in [2.05, 4.69) is 34.1 Å². The van der Waals surface area contributed by atoms with Crippen LogP contribution in [0.5, 0.6) is 11.6 Å². The van der Waals surface area contributed by atoms with Gasteiger partial charge >= 0.3 is 0 Å². The van der Waals surface area contributed by atoms with Gasteiger partial charge < -0.3 is 9.47 Å². The Hall–Kier alpha value is -1.80. The van der Waals surface area contributed by atoms with Crippen LogP contribution in [0.4, 0.5) is 0 Å². The zero-order valence-electron chi connectivity index (χ0n) is 13.9. The van der Waals surface area contributed by atoms with Gasteiger partial charge in [-0.1, -0.05) is 24.3 Å². The van der Waals surface area contributed by atoms with Gasteiger partial charge in [-0.3, -0.25) is 14.0 Å². The summed E-state index contributed by atoms with van der Waals surface area (Å²) in [4.78, 5) is 6.47. The van der Waals surface area contributed by atoms with Crippen molar-refractivity contribution in [3.63, 3.8) is 0 Å². The van der Waals surface area contributed by atoms with Crippen LogP contribution < -0.4 is 9.47 Å². The molecule has 1 saturated heterocycles. The standard InChI is InChI=1S/C18H22N2O4S/c21-25(22)10-8-20(9-11-25)12-14-3-5-15(6-4-14)17-13-23-16-2-1-7-19-18(16)24-17/h1-7,17,21-22H,8-13H2/t17-/m1/s1. The molecule has 0 spiro atoms. The Bertz CT molecular complexity index is 728. The van der Waals surface area contributed by atoms with E-state index in [0.29, 0.717) is 29.7 Å². The van der Waals surface area contributed by atoms with E-state index in [1.807, 2.05) is 12.1 Å². The molecule has 3 heterocycles. The lowest BCUT2D eigenvalue weighted by atomic mass is 10.1. The third kappa shape index (κ3) is 3.90. The summed E-state index contributed by atoms with van der Waals surface area (Å²) in [5.74, 6) is 2.18. The van der Waals surface area contributed by atoms with Gasteiger partial charge in [0.25, 0.3) is 5.88 Å². The van der Waals surface area contributed by atoms with E-state index in [4.69, 9.17) is 9.47 Å². The average Bonchev–Trinajstić information content (AvgIpc) is 2.64. The quantitative estimate of drug-likeness (QED) is 0.874. The van der Waals surface area contributed by atoms with Crippen molar-refractivity contribution < 1.29 is 18.6 Å². The van der Waals surface area contributed by atoms with Gasteiger partial charge in [0.2, 0.25) is 0 Å². The summed E-state index contributed by atoms with van der Waals surface area (Å²) in [5, 5.41) is 0. The lowest BCUT2D eigenvalue weighted by molar-refractivity contribution is 0.0851. The molecule has 0 saturated carbocycles. The van der Waals surface area contributed by atoms with Crippen LogP contribution in [0.2, 0.25) is 0 Å². The molecule has 2 aliphatic heterocycles. The van der Waals surface area contributed by atoms with E-state index in [0.717, 1.165) is 25.2 Å². The Kier molecular flexibility index (Phi) is 4.56. The van der Waals surface area contributed by atoms with Crippen LogP contribution >= 0.6 is 10.6 Å². The summed E-state index contributed by atoms with van der Waals surface area (Å²) in [6, 6.07) is 12.0. The molecule has 25 heavy (non-hydrogen) atoms. The molecule has 2 N–H and O–H groups in total. The molecule has 1 atom stereocenters. The fourth-order valence-electron chi connectivity index (χ4n) is 3.09. The lowest BCUT2D eigenvalue weighted by Crippen LogP contribution is -2.37. The third-order valence-electron chi connectivity index (χ3n) is 4.61. The molecule has 0 amide bonds. The van der Waals surface area contributed by atoms with Gasteiger partial charge in [-0.05, 0) is 23.3 Å². The van der Waals surface area contributed by atoms with Gasteiger partial charge in [0, 0.05) is 25.8 Å². The van der Waals surface area contributed by atoms with Crippen molar-refractivity contribution in [1.82, 2.24) is 9.88 Å². The van der Waals surface area contributed by atoms with Crippen molar-refractivity contribution in [3.8, 4) is 11.6 Å². The Morgan fingerprint density at radius 2 is 1.88 bits per heavy atom. The first-order valence-corrected chi connectivity index (χ1v) is 10.3. The Morgan fingerprint density at radius 3 is 2.64 bits per heavy atom. The Balaban J connectivity index is 1.38. The molecule has 7 heteroatoms. The minimum absolute atomic E-state index is 0.153. The minimum atomic E-state index is -2.33. The third-order valence-corrected chi connectivity index (χ3v) is 6.28. The SMILES string of the molecule is OS1(O)CCN(Cc2ccc([C@H]3COc4cccnc4O3)cc2)CC1. The van der Waals surface area contributed by atoms with Crippen LogP contribution in [0.15, 0.2) is 42.6 Å². The van der Waals surface area contributed by atoms with Crippen molar-refractivity contribution in [3.05, 3.63) is 53.7 Å². The number of benzene rings is 1. The molecule has 2 aromatic rings. The molecular formula is C18H22N2O4S. The van der Waals surface area contributed by atoms with E-state index < -0.39 is 10.6 Å². The lowest BCUT2D eigenvalue weighted by Gasteiger charge is -2.41. The van der Waals surface area contributed by atoms with Gasteiger partial charge in [0.05, 0.1) is 11.5 Å². The highest BCUT2D eigenvalue weighted by atomic mass is 32.3. The minimum Gasteiger partial charge on any atom is -0.484 e. The highest BCUT2D eigenvalue weighted by Gasteiger charge is 2.24. The van der Waals surface area contributed by atoms with Crippen molar-refractivity contribution >= 4 is 10.6 Å². The van der Waals surface area contributed by atoms with Gasteiger partial charge in [0.1, 0.15) is 6.61 Å². The van der Waals surface area contributed by atoms with Crippen LogP contribution in [-0.4, -0.2) is 50.2 Å². The van der Waals surface area contributed by atoms with E-state index in [1.54, 1.807) is 6.20 Å². The van der Waals surface area contributed by atoms with Gasteiger partial charge in [-0.15, -0.1) is 0 Å². The Morgan fingerprint density at radius 1 is 1.12 bits per heavy atom. The maximum absolute atomic E-state index is 9.69. The number of aromatic nitrogens is 1. The number of hydrogen-bond donors (Lipinski definition) is 2. The zero-order valence-corrected chi connectivity index (χ0v) is 14.7. The topological polar surface area (TPSA) is 75.1 Å². The molecule has 0 bridgehead atoms. The molecule has 134 valence electrons. The van der Waals surface area contributed by atoms with E-state index in [1.165, 1.54) is 5.56 Å². The molecule has 4 rings (SSSR count). The maximum Gasteiger partial charge on any atom is 0.257 e. The summed E-state index contributed by atoms with van der Waals surface area (Å²) in [5.41, 5.74) is 2.27. The molecule has 1 aromatic heterocycles. The molecule has 6 nitrogen and oxygen atoms in total. The van der Waals surface area contributed by atoms with Crippen LogP contribution in [0.25, 0.3) is 0 Å². The highest BCUT2D eigenvalue weighted by molar-refractivity contribution is 8.24. The van der Waals surface area contributed by atoms with Crippen molar-refractivity contribution in [2.24, 2.45) is 0 Å². The second kappa shape index (κ2) is 6.84. The first-order chi connectivity index (χ1) is 12.1. The predicted molar refractivity (Wildman–Crippen MR) is 97.4 cm³/mol. The largest absolute Gasteiger partial charge is 0.484 e. The molecular weight excluding hydrogens is 340 g/mol. The van der Waals surface area contributed by atoms with Crippen molar-refractivity contribution in [1.29, 1.82) is 0 Å². The van der Waals surface area contributed by atoms with Gasteiger partial charge in [-0.25, -0.2) is 4.98 Å². The zero-order chi connectivity index (χ0) is 17.3. The van der Waals surface area contributed by atoms with Crippen molar-refractivity contribution in [2.75, 3.05) is 31.2 Å². The van der Waals surface area contributed by atoms with Crippen molar-refractivity contribution in [2.45, 2.75) is 12.6 Å². The first-order valence-electron chi connectivity index (χ1n) is 8.38. The van der Waals surface area contributed by atoms with Crippen LogP contribution in [0, 0.1) is 0 Å². The number of nitrogens with zero attached hydrogens (tertiary/aromatic N) is 2. The number of hydrogen-bond acceptors (Lipinski definition) is 6. The monoisotopic (exact) mass is 362 g/mol. The number of ether oxygens (including phenoxy) is 2. The summed E-state index contributed by atoms with van der Waals surface area (Å²) in [6.07, 6.45) is 1.54. The second-order valence-corrected chi connectivity index (χ2v) is 8.87. The van der Waals surface area contributed by atoms with Crippen LogP contribution in [0.1, 0.15) is 17.2 Å². The number of fused-ring (bicyclic) bond motifs is 1. The maximum atomic E-state index is 9.69. The molecule has 1 aromatic carbocycles. The fraction of sp³-hybridized carbons (Fsp3) is 0.389. The first kappa shape index (κ1) is 16.7. The molecule has 0 radical (unpaired) electrons. The molecule has 0 aliphatic carbocycles. The average molecular weight is 362 g/mol. The van der Waals surface area contributed by atoms with Crippen LogP contribution in [-0.2, 0) is 6.54 Å². The smallest absolute Gasteiger partial charge is 0.257 e. The summed E-state index contributed by atoms with van der Waals surface area (Å²) in [6.45, 7) is 2.75. The fourth-order valence-corrected chi connectivity index (χ4v) is 4.40. The van der Waals surface area contributed by atoms with E-state index in [-0.39, 0.29) is 6.10 Å². The highest BCUT2D eigenvalue weighted by Crippen LogP contribution is 2.40. The molecule has 1 fully saturated rings. The summed E-state index contributed by atoms with van der Waals surface area (Å²) < 4.78 is 31.0. The van der Waals surface area contributed by atoms with Crippen LogP contribution in [0.3, 0.4) is 0 Å². The molecule has 2 aliphatic rings. The molecule has 0 unspecified atom stereocenters. The van der Waals surface area contributed by atoms with E-state index >= 15 is 0 Å². The normalized spacial score (nSPS) is 23.8. The number of pyridine rings is 1. The number of rotatable bonds is 3. The van der Waals surface area contributed by atoms with Gasteiger partial charge in [-0.2, -0.15) is 10.6 Å². The Labute approximate surface area is 148 Å². The second-order valence-electron chi connectivity index (χ2n) is 6.45. The summed E-state index contributed by atoms with van der Waals surface area (Å²) >= 11 is 0. The van der Waals surface area contributed by atoms with E-state index in [9.17, 15) is 9.11 Å². The predicted octanol–water partition coefficient (Wildman–Crippen LogP) is 3.16. The summed E-state index contributed by atoms with van der Waals surface area (Å²) in [7, 11) is -2.33.